The molecule has 0 atom stereocenters. The van der Waals surface area contributed by atoms with Crippen LogP contribution in [0, 0.1) is 6.92 Å². The lowest BCUT2D eigenvalue weighted by Gasteiger charge is -2.32. The normalized spacial score (nSPS) is 16.8. The van der Waals surface area contributed by atoms with Gasteiger partial charge in [0, 0.05) is 6.54 Å². The standard InChI is InChI=1S/C26H32BNO6/c1-18-20(13-10-14-22(18)23(29)31-6)15-21(27-33-25(2,3)26(4,5)34-27)16-28-24(30)32-17-19-11-8-7-9-12-19/h7-15H,16-17H2,1-6H3,(H,28,30). The highest BCUT2D eigenvalue weighted by atomic mass is 16.7. The Balaban J connectivity index is 1.82. The molecular formula is C26H32BNO6. The van der Waals surface area contributed by atoms with Crippen molar-refractivity contribution in [3.63, 3.8) is 0 Å². The first kappa shape index (κ1) is 25.5. The zero-order valence-corrected chi connectivity index (χ0v) is 20.6. The number of carbonyl (C=O) groups excluding carboxylic acids is 2. The van der Waals surface area contributed by atoms with Crippen molar-refractivity contribution >= 4 is 25.3 Å². The maximum atomic E-state index is 12.4. The number of carbonyl (C=O) groups is 2. The summed E-state index contributed by atoms with van der Waals surface area (Å²) in [5.41, 5.74) is 2.53. The van der Waals surface area contributed by atoms with Gasteiger partial charge < -0.3 is 24.1 Å². The fraction of sp³-hybridized carbons (Fsp3) is 0.385. The molecule has 3 rings (SSSR count). The molecule has 0 aliphatic carbocycles. The summed E-state index contributed by atoms with van der Waals surface area (Å²) in [6.07, 6.45) is 1.33. The minimum absolute atomic E-state index is 0.145. The van der Waals surface area contributed by atoms with E-state index in [2.05, 4.69) is 5.32 Å². The molecule has 1 aliphatic rings. The molecule has 1 aliphatic heterocycles. The molecule has 0 radical (unpaired) electrons. The number of hydrogen-bond acceptors (Lipinski definition) is 6. The Hall–Kier alpha value is -3.10. The van der Waals surface area contributed by atoms with Crippen LogP contribution in [-0.4, -0.2) is 44.0 Å². The van der Waals surface area contributed by atoms with E-state index in [9.17, 15) is 9.59 Å². The van der Waals surface area contributed by atoms with Crippen LogP contribution in [0.3, 0.4) is 0 Å². The van der Waals surface area contributed by atoms with Gasteiger partial charge in [-0.1, -0.05) is 48.5 Å². The molecule has 8 heteroatoms. The van der Waals surface area contributed by atoms with E-state index in [4.69, 9.17) is 18.8 Å². The van der Waals surface area contributed by atoms with Gasteiger partial charge in [-0.2, -0.15) is 0 Å². The number of alkyl carbamates (subject to hydrolysis) is 1. The lowest BCUT2D eigenvalue weighted by molar-refractivity contribution is 0.00578. The van der Waals surface area contributed by atoms with Gasteiger partial charge in [0.2, 0.25) is 0 Å². The van der Waals surface area contributed by atoms with Crippen molar-refractivity contribution in [1.29, 1.82) is 0 Å². The molecule has 1 amide bonds. The second kappa shape index (κ2) is 10.4. The monoisotopic (exact) mass is 465 g/mol. The van der Waals surface area contributed by atoms with E-state index < -0.39 is 30.4 Å². The van der Waals surface area contributed by atoms with Crippen molar-refractivity contribution in [1.82, 2.24) is 5.32 Å². The van der Waals surface area contributed by atoms with Gasteiger partial charge in [-0.05, 0) is 62.8 Å². The van der Waals surface area contributed by atoms with Gasteiger partial charge in [-0.3, -0.25) is 0 Å². The van der Waals surface area contributed by atoms with Crippen LogP contribution in [0.5, 0.6) is 0 Å². The Kier molecular flexibility index (Phi) is 7.84. The van der Waals surface area contributed by atoms with Gasteiger partial charge >= 0.3 is 19.2 Å². The molecule has 0 spiro atoms. The summed E-state index contributed by atoms with van der Waals surface area (Å²) in [5, 5.41) is 2.79. The first-order valence-electron chi connectivity index (χ1n) is 11.2. The summed E-state index contributed by atoms with van der Waals surface area (Å²) in [4.78, 5) is 24.5. The topological polar surface area (TPSA) is 83.1 Å². The Morgan fingerprint density at radius 3 is 2.26 bits per heavy atom. The van der Waals surface area contributed by atoms with Crippen LogP contribution in [0.25, 0.3) is 6.08 Å². The van der Waals surface area contributed by atoms with Gasteiger partial charge in [0.1, 0.15) is 6.61 Å². The number of ether oxygens (including phenoxy) is 2. The van der Waals surface area contributed by atoms with E-state index in [0.29, 0.717) is 11.0 Å². The molecule has 0 aromatic heterocycles. The highest BCUT2D eigenvalue weighted by molar-refractivity contribution is 6.56. The maximum Gasteiger partial charge on any atom is 0.492 e. The van der Waals surface area contributed by atoms with Crippen molar-refractivity contribution < 1.29 is 28.4 Å². The third-order valence-corrected chi connectivity index (χ3v) is 6.33. The van der Waals surface area contributed by atoms with E-state index in [1.165, 1.54) is 7.11 Å². The molecule has 2 aromatic carbocycles. The van der Waals surface area contributed by atoms with E-state index in [0.717, 1.165) is 16.7 Å². The minimum atomic E-state index is -0.680. The molecule has 180 valence electrons. The van der Waals surface area contributed by atoms with Crippen LogP contribution in [0.4, 0.5) is 4.79 Å². The van der Waals surface area contributed by atoms with Crippen molar-refractivity contribution in [2.75, 3.05) is 13.7 Å². The molecule has 1 N–H and O–H groups in total. The van der Waals surface area contributed by atoms with Gasteiger partial charge in [0.05, 0.1) is 23.9 Å². The number of methoxy groups -OCH3 is 1. The Morgan fingerprint density at radius 2 is 1.65 bits per heavy atom. The third kappa shape index (κ3) is 5.87. The molecule has 1 heterocycles. The van der Waals surface area contributed by atoms with Crippen LogP contribution in [-0.2, 0) is 25.4 Å². The molecule has 34 heavy (non-hydrogen) atoms. The molecule has 1 fully saturated rings. The zero-order chi connectivity index (χ0) is 24.9. The number of rotatable bonds is 7. The number of nitrogens with one attached hydrogen (secondary N) is 1. The van der Waals surface area contributed by atoms with E-state index >= 15 is 0 Å². The van der Waals surface area contributed by atoms with Crippen LogP contribution in [0.15, 0.2) is 54.0 Å². The summed E-state index contributed by atoms with van der Waals surface area (Å²) in [6, 6.07) is 14.9. The van der Waals surface area contributed by atoms with Gasteiger partial charge in [-0.25, -0.2) is 9.59 Å². The first-order valence-corrected chi connectivity index (χ1v) is 11.2. The molecule has 2 aromatic rings. The molecule has 7 nitrogen and oxygen atoms in total. The van der Waals surface area contributed by atoms with Crippen molar-refractivity contribution in [3.05, 3.63) is 76.3 Å². The van der Waals surface area contributed by atoms with Gasteiger partial charge in [-0.15, -0.1) is 0 Å². The fourth-order valence-corrected chi connectivity index (χ4v) is 3.49. The quantitative estimate of drug-likeness (QED) is 0.471. The highest BCUT2D eigenvalue weighted by Crippen LogP contribution is 2.39. The summed E-state index contributed by atoms with van der Waals surface area (Å²) in [6.45, 7) is 10.0. The SMILES string of the molecule is COC(=O)c1cccc(C=C(CNC(=O)OCc2ccccc2)B2OC(C)(C)C(C)(C)O2)c1C. The maximum absolute atomic E-state index is 12.4. The van der Waals surface area contributed by atoms with Crippen molar-refractivity contribution in [2.45, 2.75) is 52.4 Å². The number of benzene rings is 2. The van der Waals surface area contributed by atoms with Crippen molar-refractivity contribution in [3.8, 4) is 0 Å². The summed E-state index contributed by atoms with van der Waals surface area (Å²) in [5.74, 6) is -0.410. The van der Waals surface area contributed by atoms with E-state index in [1.807, 2.05) is 77.1 Å². The predicted octanol–water partition coefficient (Wildman–Crippen LogP) is 4.72. The van der Waals surface area contributed by atoms with Gasteiger partial charge in [0.15, 0.2) is 0 Å². The number of esters is 1. The lowest BCUT2D eigenvalue weighted by atomic mass is 9.76. The van der Waals surface area contributed by atoms with Crippen LogP contribution in [0.2, 0.25) is 0 Å². The summed E-state index contributed by atoms with van der Waals surface area (Å²) < 4.78 is 22.7. The molecule has 0 bridgehead atoms. The Bertz CT molecular complexity index is 1050. The fourth-order valence-electron chi connectivity index (χ4n) is 3.49. The van der Waals surface area contributed by atoms with E-state index in [1.54, 1.807) is 12.1 Å². The average molecular weight is 465 g/mol. The molecule has 0 unspecified atom stereocenters. The number of amides is 1. The van der Waals surface area contributed by atoms with Crippen LogP contribution < -0.4 is 5.32 Å². The Labute approximate surface area is 201 Å². The molecular weight excluding hydrogens is 433 g/mol. The van der Waals surface area contributed by atoms with E-state index in [-0.39, 0.29) is 13.2 Å². The highest BCUT2D eigenvalue weighted by Gasteiger charge is 2.52. The summed E-state index contributed by atoms with van der Waals surface area (Å²) >= 11 is 0. The van der Waals surface area contributed by atoms with Gasteiger partial charge in [0.25, 0.3) is 0 Å². The largest absolute Gasteiger partial charge is 0.492 e. The minimum Gasteiger partial charge on any atom is -0.465 e. The zero-order valence-electron chi connectivity index (χ0n) is 20.6. The summed E-state index contributed by atoms with van der Waals surface area (Å²) in [7, 11) is 0.672. The Morgan fingerprint density at radius 1 is 1.00 bits per heavy atom. The third-order valence-electron chi connectivity index (χ3n) is 6.33. The lowest BCUT2D eigenvalue weighted by Crippen LogP contribution is -2.41. The molecule has 1 saturated heterocycles. The second-order valence-corrected chi connectivity index (χ2v) is 9.23. The van der Waals surface area contributed by atoms with Crippen LogP contribution >= 0.6 is 0 Å². The van der Waals surface area contributed by atoms with Crippen molar-refractivity contribution in [2.24, 2.45) is 0 Å². The average Bonchev–Trinajstić information content (AvgIpc) is 3.03. The van der Waals surface area contributed by atoms with Crippen LogP contribution in [0.1, 0.15) is 54.7 Å². The smallest absolute Gasteiger partial charge is 0.465 e. The second-order valence-electron chi connectivity index (χ2n) is 9.23. The molecule has 0 saturated carbocycles. The predicted molar refractivity (Wildman–Crippen MR) is 131 cm³/mol. The number of hydrogen-bond donors (Lipinski definition) is 1. The first-order chi connectivity index (χ1) is 16.0.